The van der Waals surface area contributed by atoms with E-state index in [1.54, 1.807) is 0 Å². The Hall–Kier alpha value is -0.850. The molecule has 0 aliphatic heterocycles. The summed E-state index contributed by atoms with van der Waals surface area (Å²) in [5.74, 6) is 1.08. The summed E-state index contributed by atoms with van der Waals surface area (Å²) in [5.41, 5.74) is 1.17. The second-order valence-electron chi connectivity index (χ2n) is 4.72. The van der Waals surface area contributed by atoms with Crippen LogP contribution in [0.25, 0.3) is 0 Å². The normalized spacial score (nSPS) is 16.4. The van der Waals surface area contributed by atoms with Crippen molar-refractivity contribution < 1.29 is 4.79 Å². The summed E-state index contributed by atoms with van der Waals surface area (Å²) in [6, 6.07) is 0. The molecule has 0 unspecified atom stereocenters. The predicted octanol–water partition coefficient (Wildman–Crippen LogP) is 4.54. The molecule has 0 spiro atoms. The van der Waals surface area contributed by atoms with E-state index < -0.39 is 0 Å². The Morgan fingerprint density at radius 1 is 1.31 bits per heavy atom. The highest BCUT2D eigenvalue weighted by atomic mass is 16.1. The molecule has 1 heteroatoms. The summed E-state index contributed by atoms with van der Waals surface area (Å²) in [6.45, 7) is 10.4. The van der Waals surface area contributed by atoms with Crippen LogP contribution in [0.5, 0.6) is 0 Å². The van der Waals surface area contributed by atoms with Crippen molar-refractivity contribution in [3.63, 3.8) is 0 Å². The number of carbonyl (C=O) groups excluding carboxylic acids is 1. The Morgan fingerprint density at radius 3 is 2.44 bits per heavy atom. The number of allylic oxidation sites excluding steroid dienone is 4. The van der Waals surface area contributed by atoms with Crippen LogP contribution in [0.15, 0.2) is 23.8 Å². The van der Waals surface area contributed by atoms with E-state index in [2.05, 4.69) is 19.9 Å². The molecule has 0 aromatic rings. The minimum atomic E-state index is 0.0558. The Bertz CT molecular complexity index is 261. The third-order valence-corrected chi connectivity index (χ3v) is 3.03. The SMILES string of the molecule is C/C=C/C(C)=C/[C@@H](C)C(=O)CC[C@@H](C)CC. The molecule has 0 aliphatic rings. The van der Waals surface area contributed by atoms with Crippen molar-refractivity contribution in [1.29, 1.82) is 0 Å². The zero-order chi connectivity index (χ0) is 12.6. The molecule has 2 atom stereocenters. The Labute approximate surface area is 101 Å². The van der Waals surface area contributed by atoms with Gasteiger partial charge in [0, 0.05) is 12.3 Å². The van der Waals surface area contributed by atoms with Crippen LogP contribution in [0.4, 0.5) is 0 Å². The molecule has 0 saturated carbocycles. The van der Waals surface area contributed by atoms with Crippen LogP contribution in [0.1, 0.15) is 53.9 Å². The first-order valence-corrected chi connectivity index (χ1v) is 6.35. The van der Waals surface area contributed by atoms with E-state index in [9.17, 15) is 4.79 Å². The van der Waals surface area contributed by atoms with E-state index >= 15 is 0 Å². The maximum absolute atomic E-state index is 11.8. The summed E-state index contributed by atoms with van der Waals surface area (Å²) in [7, 11) is 0. The van der Waals surface area contributed by atoms with Gasteiger partial charge in [0.05, 0.1) is 0 Å². The molecule has 0 rings (SSSR count). The van der Waals surface area contributed by atoms with Crippen LogP contribution in [-0.4, -0.2) is 5.78 Å². The topological polar surface area (TPSA) is 17.1 Å². The fourth-order valence-corrected chi connectivity index (χ4v) is 1.63. The van der Waals surface area contributed by atoms with Crippen molar-refractivity contribution in [1.82, 2.24) is 0 Å². The summed E-state index contributed by atoms with van der Waals surface area (Å²) >= 11 is 0. The zero-order valence-electron chi connectivity index (χ0n) is 11.4. The van der Waals surface area contributed by atoms with Crippen molar-refractivity contribution in [2.45, 2.75) is 53.9 Å². The number of hydrogen-bond acceptors (Lipinski definition) is 1. The van der Waals surface area contributed by atoms with Crippen LogP contribution in [0, 0.1) is 11.8 Å². The van der Waals surface area contributed by atoms with Crippen molar-refractivity contribution in [2.24, 2.45) is 11.8 Å². The van der Waals surface area contributed by atoms with Gasteiger partial charge in [-0.25, -0.2) is 0 Å². The molecule has 0 N–H and O–H groups in total. The molecule has 0 aromatic heterocycles. The monoisotopic (exact) mass is 222 g/mol. The van der Waals surface area contributed by atoms with Crippen LogP contribution < -0.4 is 0 Å². The molecule has 92 valence electrons. The average molecular weight is 222 g/mol. The van der Waals surface area contributed by atoms with Crippen LogP contribution >= 0.6 is 0 Å². The van der Waals surface area contributed by atoms with Gasteiger partial charge >= 0.3 is 0 Å². The first kappa shape index (κ1) is 15.2. The highest BCUT2D eigenvalue weighted by molar-refractivity contribution is 5.82. The minimum Gasteiger partial charge on any atom is -0.299 e. The Balaban J connectivity index is 4.14. The van der Waals surface area contributed by atoms with Gasteiger partial charge in [-0.05, 0) is 26.2 Å². The van der Waals surface area contributed by atoms with Gasteiger partial charge in [0.1, 0.15) is 5.78 Å². The first-order chi connectivity index (χ1) is 7.51. The molecular weight excluding hydrogens is 196 g/mol. The molecule has 16 heavy (non-hydrogen) atoms. The molecule has 0 fully saturated rings. The van der Waals surface area contributed by atoms with E-state index in [1.165, 1.54) is 5.57 Å². The average Bonchev–Trinajstić information content (AvgIpc) is 2.25. The molecule has 0 amide bonds. The van der Waals surface area contributed by atoms with Gasteiger partial charge in [-0.15, -0.1) is 0 Å². The van der Waals surface area contributed by atoms with Crippen LogP contribution in [-0.2, 0) is 4.79 Å². The molecule has 0 saturated heterocycles. The lowest BCUT2D eigenvalue weighted by Crippen LogP contribution is -2.10. The van der Waals surface area contributed by atoms with E-state index in [1.807, 2.05) is 32.9 Å². The summed E-state index contributed by atoms with van der Waals surface area (Å²) < 4.78 is 0. The fourth-order valence-electron chi connectivity index (χ4n) is 1.63. The van der Waals surface area contributed by atoms with Gasteiger partial charge < -0.3 is 0 Å². The number of rotatable bonds is 7. The van der Waals surface area contributed by atoms with Crippen LogP contribution in [0.2, 0.25) is 0 Å². The van der Waals surface area contributed by atoms with Gasteiger partial charge in [-0.1, -0.05) is 51.0 Å². The third-order valence-electron chi connectivity index (χ3n) is 3.03. The summed E-state index contributed by atoms with van der Waals surface area (Å²) in [6.07, 6.45) is 9.00. The lowest BCUT2D eigenvalue weighted by atomic mass is 9.95. The third kappa shape index (κ3) is 6.60. The summed E-state index contributed by atoms with van der Waals surface area (Å²) in [5, 5.41) is 0. The Kier molecular flexibility index (Phi) is 7.88. The minimum absolute atomic E-state index is 0.0558. The number of Topliss-reactive ketones (excluding diaryl/α,β-unsaturated/α-hetero) is 1. The molecule has 1 nitrogen and oxygen atoms in total. The maximum Gasteiger partial charge on any atom is 0.139 e. The largest absolute Gasteiger partial charge is 0.299 e. The molecular formula is C15H26O. The molecule has 0 radical (unpaired) electrons. The fraction of sp³-hybridized carbons (Fsp3) is 0.667. The Morgan fingerprint density at radius 2 is 1.94 bits per heavy atom. The maximum atomic E-state index is 11.8. The van der Waals surface area contributed by atoms with Gasteiger partial charge in [0.2, 0.25) is 0 Å². The van der Waals surface area contributed by atoms with Crippen molar-refractivity contribution in [2.75, 3.05) is 0 Å². The number of ketones is 1. The number of carbonyl (C=O) groups is 1. The lowest BCUT2D eigenvalue weighted by Gasteiger charge is -2.10. The first-order valence-electron chi connectivity index (χ1n) is 6.35. The van der Waals surface area contributed by atoms with Gasteiger partial charge in [-0.3, -0.25) is 4.79 Å². The lowest BCUT2D eigenvalue weighted by molar-refractivity contribution is -0.121. The highest BCUT2D eigenvalue weighted by Crippen LogP contribution is 2.14. The van der Waals surface area contributed by atoms with Gasteiger partial charge in [0.25, 0.3) is 0 Å². The molecule has 0 aromatic carbocycles. The molecule has 0 aliphatic carbocycles. The molecule has 0 bridgehead atoms. The predicted molar refractivity (Wildman–Crippen MR) is 71.4 cm³/mol. The standard InChI is InChI=1S/C15H26O/c1-6-8-13(4)11-14(5)15(16)10-9-12(3)7-2/h6,8,11-12,14H,7,9-10H2,1-5H3/b8-6+,13-11+/t12-,14+/m0/s1. The smallest absolute Gasteiger partial charge is 0.139 e. The quantitative estimate of drug-likeness (QED) is 0.578. The number of hydrogen-bond donors (Lipinski definition) is 0. The van der Waals surface area contributed by atoms with Gasteiger partial charge in [0.15, 0.2) is 0 Å². The van der Waals surface area contributed by atoms with Crippen molar-refractivity contribution in [3.05, 3.63) is 23.8 Å². The van der Waals surface area contributed by atoms with E-state index in [0.717, 1.165) is 19.3 Å². The second kappa shape index (κ2) is 8.32. The highest BCUT2D eigenvalue weighted by Gasteiger charge is 2.11. The van der Waals surface area contributed by atoms with Crippen molar-refractivity contribution >= 4 is 5.78 Å². The second-order valence-corrected chi connectivity index (χ2v) is 4.72. The summed E-state index contributed by atoms with van der Waals surface area (Å²) in [4.78, 5) is 11.8. The van der Waals surface area contributed by atoms with E-state index in [-0.39, 0.29) is 5.92 Å². The van der Waals surface area contributed by atoms with Crippen LogP contribution in [0.3, 0.4) is 0 Å². The van der Waals surface area contributed by atoms with E-state index in [0.29, 0.717) is 11.7 Å². The van der Waals surface area contributed by atoms with Crippen molar-refractivity contribution in [3.8, 4) is 0 Å². The zero-order valence-corrected chi connectivity index (χ0v) is 11.4. The molecule has 0 heterocycles. The van der Waals surface area contributed by atoms with Gasteiger partial charge in [-0.2, -0.15) is 0 Å². The van der Waals surface area contributed by atoms with E-state index in [4.69, 9.17) is 0 Å².